The molecule has 0 aliphatic rings. The topological polar surface area (TPSA) is 40.5 Å². The van der Waals surface area contributed by atoms with Gasteiger partial charge in [-0.15, -0.1) is 0 Å². The van der Waals surface area contributed by atoms with Crippen LogP contribution in [0.2, 0.25) is 0 Å². The minimum Gasteiger partial charge on any atom is -0.368 e. The van der Waals surface area contributed by atoms with E-state index < -0.39 is 6.29 Å². The Labute approximate surface area is 69.2 Å². The Hall–Kier alpha value is -0.0800. The Morgan fingerprint density at radius 1 is 1.09 bits per heavy atom. The van der Waals surface area contributed by atoms with Gasteiger partial charge in [-0.05, 0) is 12.3 Å². The lowest BCUT2D eigenvalue weighted by molar-refractivity contribution is -0.0841. The van der Waals surface area contributed by atoms with Crippen LogP contribution in [0.15, 0.2) is 0 Å². The van der Waals surface area contributed by atoms with Crippen molar-refractivity contribution < 1.29 is 10.2 Å². The molecule has 0 fully saturated rings. The summed E-state index contributed by atoms with van der Waals surface area (Å²) in [5.41, 5.74) is 0. The van der Waals surface area contributed by atoms with Gasteiger partial charge in [-0.25, -0.2) is 0 Å². The molecule has 0 bridgehead atoms. The Morgan fingerprint density at radius 3 is 1.82 bits per heavy atom. The maximum Gasteiger partial charge on any atom is 0.154 e. The third-order valence-corrected chi connectivity index (χ3v) is 2.37. The molecule has 0 rings (SSSR count). The van der Waals surface area contributed by atoms with E-state index in [0.29, 0.717) is 5.92 Å². The predicted molar refractivity (Wildman–Crippen MR) is 46.1 cm³/mol. The molecule has 11 heavy (non-hydrogen) atoms. The quantitative estimate of drug-likeness (QED) is 0.602. The molecule has 1 atom stereocenters. The molecule has 2 N–H and O–H groups in total. The second-order valence-electron chi connectivity index (χ2n) is 3.31. The zero-order chi connectivity index (χ0) is 8.85. The molecule has 0 saturated heterocycles. The van der Waals surface area contributed by atoms with Crippen LogP contribution in [0.3, 0.4) is 0 Å². The van der Waals surface area contributed by atoms with Gasteiger partial charge in [0, 0.05) is 5.92 Å². The minimum atomic E-state index is -1.14. The molecule has 0 aromatic rings. The molecule has 0 heterocycles. The van der Waals surface area contributed by atoms with Crippen molar-refractivity contribution >= 4 is 0 Å². The third-order valence-electron chi connectivity index (χ3n) is 2.37. The molecule has 0 aliphatic carbocycles. The van der Waals surface area contributed by atoms with Crippen molar-refractivity contribution in [2.24, 2.45) is 11.8 Å². The molecular weight excluding hydrogens is 140 g/mol. The summed E-state index contributed by atoms with van der Waals surface area (Å²) in [7, 11) is 0. The van der Waals surface area contributed by atoms with Gasteiger partial charge in [0.15, 0.2) is 6.29 Å². The van der Waals surface area contributed by atoms with Gasteiger partial charge in [-0.2, -0.15) is 0 Å². The van der Waals surface area contributed by atoms with Crippen LogP contribution in [0.5, 0.6) is 0 Å². The molecule has 68 valence electrons. The lowest BCUT2D eigenvalue weighted by atomic mass is 9.91. The number of aliphatic hydroxyl groups excluding tert-OH is 1. The fraction of sp³-hybridized carbons (Fsp3) is 1.00. The van der Waals surface area contributed by atoms with Crippen LogP contribution in [0, 0.1) is 11.8 Å². The van der Waals surface area contributed by atoms with E-state index in [1.807, 2.05) is 6.92 Å². The summed E-state index contributed by atoms with van der Waals surface area (Å²) < 4.78 is 0. The SMILES string of the molecule is CCC(CC)CC(C)C(O)O. The summed E-state index contributed by atoms with van der Waals surface area (Å²) in [4.78, 5) is 0. The first-order valence-corrected chi connectivity index (χ1v) is 4.47. The van der Waals surface area contributed by atoms with Crippen LogP contribution >= 0.6 is 0 Å². The fourth-order valence-corrected chi connectivity index (χ4v) is 1.27. The molecule has 0 aliphatic heterocycles. The highest BCUT2D eigenvalue weighted by molar-refractivity contribution is 4.61. The van der Waals surface area contributed by atoms with Gasteiger partial charge in [0.2, 0.25) is 0 Å². The summed E-state index contributed by atoms with van der Waals surface area (Å²) >= 11 is 0. The van der Waals surface area contributed by atoms with Crippen molar-refractivity contribution in [3.63, 3.8) is 0 Å². The highest BCUT2D eigenvalue weighted by Gasteiger charge is 2.14. The van der Waals surface area contributed by atoms with Crippen molar-refractivity contribution in [1.82, 2.24) is 0 Å². The highest BCUT2D eigenvalue weighted by atomic mass is 16.5. The van der Waals surface area contributed by atoms with E-state index in [9.17, 15) is 0 Å². The van der Waals surface area contributed by atoms with Crippen LogP contribution in [0.1, 0.15) is 40.0 Å². The fourth-order valence-electron chi connectivity index (χ4n) is 1.27. The van der Waals surface area contributed by atoms with Crippen molar-refractivity contribution in [2.45, 2.75) is 46.3 Å². The Morgan fingerprint density at radius 2 is 1.55 bits per heavy atom. The maximum absolute atomic E-state index is 8.82. The highest BCUT2D eigenvalue weighted by Crippen LogP contribution is 2.19. The van der Waals surface area contributed by atoms with Gasteiger partial charge in [0.25, 0.3) is 0 Å². The normalized spacial score (nSPS) is 14.5. The van der Waals surface area contributed by atoms with Gasteiger partial charge in [0.1, 0.15) is 0 Å². The van der Waals surface area contributed by atoms with Crippen molar-refractivity contribution in [3.8, 4) is 0 Å². The van der Waals surface area contributed by atoms with Gasteiger partial charge in [-0.3, -0.25) is 0 Å². The molecule has 0 saturated carbocycles. The molecule has 0 spiro atoms. The summed E-state index contributed by atoms with van der Waals surface area (Å²) in [5.74, 6) is 0.659. The van der Waals surface area contributed by atoms with E-state index in [4.69, 9.17) is 10.2 Å². The van der Waals surface area contributed by atoms with Gasteiger partial charge >= 0.3 is 0 Å². The van der Waals surface area contributed by atoms with Crippen LogP contribution in [0.25, 0.3) is 0 Å². The standard InChI is InChI=1S/C9H20O2/c1-4-8(5-2)6-7(3)9(10)11/h7-11H,4-6H2,1-3H3. The van der Waals surface area contributed by atoms with Gasteiger partial charge < -0.3 is 10.2 Å². The van der Waals surface area contributed by atoms with E-state index in [0.717, 1.165) is 19.3 Å². The van der Waals surface area contributed by atoms with Crippen molar-refractivity contribution in [2.75, 3.05) is 0 Å². The van der Waals surface area contributed by atoms with Crippen molar-refractivity contribution in [1.29, 1.82) is 0 Å². The monoisotopic (exact) mass is 160 g/mol. The Balaban J connectivity index is 3.62. The first-order chi connectivity index (χ1) is 5.11. The number of rotatable bonds is 5. The van der Waals surface area contributed by atoms with E-state index in [1.54, 1.807) is 0 Å². The lowest BCUT2D eigenvalue weighted by Gasteiger charge is -2.19. The molecule has 0 amide bonds. The number of hydrogen-bond donors (Lipinski definition) is 2. The summed E-state index contributed by atoms with van der Waals surface area (Å²) in [6.07, 6.45) is 2.04. The average molecular weight is 160 g/mol. The van der Waals surface area contributed by atoms with E-state index >= 15 is 0 Å². The summed E-state index contributed by atoms with van der Waals surface area (Å²) in [5, 5.41) is 17.6. The van der Waals surface area contributed by atoms with Crippen LogP contribution in [-0.2, 0) is 0 Å². The maximum atomic E-state index is 8.82. The zero-order valence-electron chi connectivity index (χ0n) is 7.75. The summed E-state index contributed by atoms with van der Waals surface area (Å²) in [6.45, 7) is 6.16. The van der Waals surface area contributed by atoms with E-state index in [-0.39, 0.29) is 5.92 Å². The van der Waals surface area contributed by atoms with Gasteiger partial charge in [0.05, 0.1) is 0 Å². The Kier molecular flexibility index (Phi) is 5.51. The smallest absolute Gasteiger partial charge is 0.154 e. The largest absolute Gasteiger partial charge is 0.368 e. The van der Waals surface area contributed by atoms with Crippen LogP contribution < -0.4 is 0 Å². The van der Waals surface area contributed by atoms with Crippen LogP contribution in [0.4, 0.5) is 0 Å². The van der Waals surface area contributed by atoms with Gasteiger partial charge in [-0.1, -0.05) is 33.6 Å². The molecule has 2 nitrogen and oxygen atoms in total. The lowest BCUT2D eigenvalue weighted by Crippen LogP contribution is -2.19. The molecule has 1 unspecified atom stereocenters. The minimum absolute atomic E-state index is 0.0138. The van der Waals surface area contributed by atoms with E-state index in [2.05, 4.69) is 13.8 Å². The first-order valence-electron chi connectivity index (χ1n) is 4.47. The second kappa shape index (κ2) is 5.56. The van der Waals surface area contributed by atoms with Crippen LogP contribution in [-0.4, -0.2) is 16.5 Å². The number of aliphatic hydroxyl groups is 2. The molecular formula is C9H20O2. The summed E-state index contributed by atoms with van der Waals surface area (Å²) in [6, 6.07) is 0. The first kappa shape index (κ1) is 10.9. The van der Waals surface area contributed by atoms with E-state index in [1.165, 1.54) is 0 Å². The second-order valence-corrected chi connectivity index (χ2v) is 3.31. The average Bonchev–Trinajstić information content (AvgIpc) is 1.99. The Bertz CT molecular complexity index is 87.6. The molecule has 0 aromatic heterocycles. The predicted octanol–water partition coefficient (Wildman–Crippen LogP) is 1.76. The molecule has 2 heteroatoms. The molecule has 0 radical (unpaired) electrons. The number of hydrogen-bond acceptors (Lipinski definition) is 2. The molecule has 0 aromatic carbocycles. The van der Waals surface area contributed by atoms with Crippen molar-refractivity contribution in [3.05, 3.63) is 0 Å². The zero-order valence-corrected chi connectivity index (χ0v) is 7.75. The third kappa shape index (κ3) is 4.38.